The van der Waals surface area contributed by atoms with Gasteiger partial charge < -0.3 is 14.9 Å². The fourth-order valence-electron chi connectivity index (χ4n) is 1.05. The number of rotatable bonds is 3. The van der Waals surface area contributed by atoms with Crippen molar-refractivity contribution in [3.05, 3.63) is 23.8 Å². The van der Waals surface area contributed by atoms with Gasteiger partial charge in [0.1, 0.15) is 5.56 Å². The van der Waals surface area contributed by atoms with E-state index >= 15 is 0 Å². The molecule has 0 atom stereocenters. The molecular weight excluding hydrogens is 184 g/mol. The van der Waals surface area contributed by atoms with Gasteiger partial charge in [0.2, 0.25) is 0 Å². The highest BCUT2D eigenvalue weighted by molar-refractivity contribution is 5.91. The van der Waals surface area contributed by atoms with Crippen molar-refractivity contribution in [1.82, 2.24) is 0 Å². The fraction of sp³-hybridized carbons (Fsp3) is 0.300. The van der Waals surface area contributed by atoms with Crippen LogP contribution in [0.2, 0.25) is 0 Å². The van der Waals surface area contributed by atoms with Crippen molar-refractivity contribution < 1.29 is 19.7 Å². The van der Waals surface area contributed by atoms with Crippen molar-refractivity contribution in [2.45, 2.75) is 20.0 Å². The Labute approximate surface area is 81.8 Å². The van der Waals surface area contributed by atoms with Crippen LogP contribution < -0.4 is 4.74 Å². The van der Waals surface area contributed by atoms with E-state index < -0.39 is 5.97 Å². The molecule has 0 spiro atoms. The van der Waals surface area contributed by atoms with Gasteiger partial charge in [-0.15, -0.1) is 0 Å². The third-order valence-corrected chi connectivity index (χ3v) is 1.58. The van der Waals surface area contributed by atoms with Crippen molar-refractivity contribution in [2.24, 2.45) is 0 Å². The normalized spacial score (nSPS) is 10.2. The maximum atomic E-state index is 10.8. The van der Waals surface area contributed by atoms with Gasteiger partial charge in [0.15, 0.2) is 11.5 Å². The maximum Gasteiger partial charge on any atom is 0.339 e. The van der Waals surface area contributed by atoms with Gasteiger partial charge >= 0.3 is 5.97 Å². The van der Waals surface area contributed by atoms with Gasteiger partial charge in [-0.2, -0.15) is 0 Å². The first-order chi connectivity index (χ1) is 6.52. The molecule has 0 aliphatic heterocycles. The van der Waals surface area contributed by atoms with Crippen LogP contribution >= 0.6 is 0 Å². The summed E-state index contributed by atoms with van der Waals surface area (Å²) in [7, 11) is 0. The second-order valence-electron chi connectivity index (χ2n) is 3.13. The van der Waals surface area contributed by atoms with Gasteiger partial charge in [-0.05, 0) is 26.0 Å². The van der Waals surface area contributed by atoms with Crippen LogP contribution in [-0.4, -0.2) is 22.3 Å². The molecule has 0 radical (unpaired) electrons. The summed E-state index contributed by atoms with van der Waals surface area (Å²) >= 11 is 0. The average Bonchev–Trinajstić information content (AvgIpc) is 2.07. The second-order valence-corrected chi connectivity index (χ2v) is 3.13. The van der Waals surface area contributed by atoms with Crippen LogP contribution in [-0.2, 0) is 0 Å². The van der Waals surface area contributed by atoms with Crippen molar-refractivity contribution in [3.63, 3.8) is 0 Å². The molecule has 0 saturated carbocycles. The smallest absolute Gasteiger partial charge is 0.339 e. The molecule has 0 aromatic heterocycles. The van der Waals surface area contributed by atoms with Gasteiger partial charge in [-0.25, -0.2) is 4.79 Å². The van der Waals surface area contributed by atoms with Crippen LogP contribution in [0.15, 0.2) is 18.2 Å². The number of benzene rings is 1. The predicted octanol–water partition coefficient (Wildman–Crippen LogP) is 1.88. The average molecular weight is 196 g/mol. The lowest BCUT2D eigenvalue weighted by Crippen LogP contribution is -2.09. The number of hydrogen-bond acceptors (Lipinski definition) is 3. The Morgan fingerprint density at radius 1 is 1.43 bits per heavy atom. The van der Waals surface area contributed by atoms with E-state index in [0.29, 0.717) is 0 Å². The van der Waals surface area contributed by atoms with Crippen LogP contribution in [0.3, 0.4) is 0 Å². The molecule has 0 unspecified atom stereocenters. The van der Waals surface area contributed by atoms with E-state index in [0.717, 1.165) is 0 Å². The van der Waals surface area contributed by atoms with E-state index in [2.05, 4.69) is 0 Å². The van der Waals surface area contributed by atoms with Gasteiger partial charge in [0.25, 0.3) is 0 Å². The first-order valence-electron chi connectivity index (χ1n) is 4.24. The lowest BCUT2D eigenvalue weighted by atomic mass is 10.2. The molecule has 0 bridgehead atoms. The fourth-order valence-corrected chi connectivity index (χ4v) is 1.05. The number of carboxylic acid groups (broad SMARTS) is 1. The molecule has 0 saturated heterocycles. The Morgan fingerprint density at radius 3 is 2.57 bits per heavy atom. The highest BCUT2D eigenvalue weighted by Crippen LogP contribution is 2.30. The minimum atomic E-state index is -1.11. The van der Waals surface area contributed by atoms with Gasteiger partial charge in [0.05, 0.1) is 6.10 Å². The van der Waals surface area contributed by atoms with Gasteiger partial charge in [0, 0.05) is 0 Å². The third kappa shape index (κ3) is 2.16. The van der Waals surface area contributed by atoms with Crippen molar-refractivity contribution in [2.75, 3.05) is 0 Å². The van der Waals surface area contributed by atoms with Gasteiger partial charge in [-0.1, -0.05) is 6.07 Å². The molecule has 14 heavy (non-hydrogen) atoms. The lowest BCUT2D eigenvalue weighted by Gasteiger charge is -2.13. The minimum absolute atomic E-state index is 0.0231. The molecule has 0 fully saturated rings. The number of para-hydroxylation sites is 1. The summed E-state index contributed by atoms with van der Waals surface area (Å²) in [4.78, 5) is 10.8. The lowest BCUT2D eigenvalue weighted by molar-refractivity contribution is 0.0689. The van der Waals surface area contributed by atoms with E-state index in [9.17, 15) is 9.90 Å². The van der Waals surface area contributed by atoms with Crippen LogP contribution in [0.1, 0.15) is 24.2 Å². The number of hydrogen-bond donors (Lipinski definition) is 2. The topological polar surface area (TPSA) is 66.8 Å². The first-order valence-corrected chi connectivity index (χ1v) is 4.24. The molecule has 1 rings (SSSR count). The Hall–Kier alpha value is -1.71. The summed E-state index contributed by atoms with van der Waals surface area (Å²) in [5.41, 5.74) is -0.0290. The van der Waals surface area contributed by atoms with Crippen molar-refractivity contribution in [1.29, 1.82) is 0 Å². The molecule has 76 valence electrons. The standard InChI is InChI=1S/C10H12O4/c1-6(2)14-9-7(10(12)13)4-3-5-8(9)11/h3-6,11H,1-2H3,(H,12,13). The number of carboxylic acids is 1. The quantitative estimate of drug-likeness (QED) is 0.774. The highest BCUT2D eigenvalue weighted by atomic mass is 16.5. The predicted molar refractivity (Wildman–Crippen MR) is 50.8 cm³/mol. The highest BCUT2D eigenvalue weighted by Gasteiger charge is 2.15. The summed E-state index contributed by atoms with van der Waals surface area (Å²) in [5.74, 6) is -1.25. The number of phenolic OH excluding ortho intramolecular Hbond substituents is 1. The van der Waals surface area contributed by atoms with Crippen molar-refractivity contribution in [3.8, 4) is 11.5 Å². The minimum Gasteiger partial charge on any atom is -0.504 e. The number of carbonyl (C=O) groups is 1. The number of aromatic carboxylic acids is 1. The van der Waals surface area contributed by atoms with Crippen LogP contribution in [0.5, 0.6) is 11.5 Å². The Bertz CT molecular complexity index is 344. The molecule has 0 aliphatic carbocycles. The Kier molecular flexibility index (Phi) is 2.96. The van der Waals surface area contributed by atoms with Crippen LogP contribution in [0, 0.1) is 0 Å². The number of phenols is 1. The van der Waals surface area contributed by atoms with E-state index in [1.54, 1.807) is 13.8 Å². The van der Waals surface area contributed by atoms with E-state index in [1.165, 1.54) is 18.2 Å². The van der Waals surface area contributed by atoms with E-state index in [-0.39, 0.29) is 23.2 Å². The van der Waals surface area contributed by atoms with Crippen LogP contribution in [0.4, 0.5) is 0 Å². The van der Waals surface area contributed by atoms with Crippen LogP contribution in [0.25, 0.3) is 0 Å². The van der Waals surface area contributed by atoms with Gasteiger partial charge in [-0.3, -0.25) is 0 Å². The summed E-state index contributed by atoms with van der Waals surface area (Å²) in [6, 6.07) is 4.25. The molecule has 0 amide bonds. The zero-order chi connectivity index (χ0) is 10.7. The Balaban J connectivity index is 3.15. The van der Waals surface area contributed by atoms with E-state index in [4.69, 9.17) is 9.84 Å². The molecule has 1 aromatic carbocycles. The molecule has 0 aliphatic rings. The zero-order valence-corrected chi connectivity index (χ0v) is 8.02. The number of aromatic hydroxyl groups is 1. The summed E-state index contributed by atoms with van der Waals surface area (Å²) in [6.45, 7) is 3.52. The monoisotopic (exact) mass is 196 g/mol. The second kappa shape index (κ2) is 4.00. The molecule has 4 heteroatoms. The van der Waals surface area contributed by atoms with E-state index in [1.807, 2.05) is 0 Å². The molecular formula is C10H12O4. The van der Waals surface area contributed by atoms with Crippen molar-refractivity contribution >= 4 is 5.97 Å². The summed E-state index contributed by atoms with van der Waals surface area (Å²) in [5, 5.41) is 18.2. The zero-order valence-electron chi connectivity index (χ0n) is 8.02. The largest absolute Gasteiger partial charge is 0.504 e. The maximum absolute atomic E-state index is 10.8. The molecule has 2 N–H and O–H groups in total. The number of ether oxygens (including phenoxy) is 1. The molecule has 4 nitrogen and oxygen atoms in total. The summed E-state index contributed by atoms with van der Waals surface area (Å²) < 4.78 is 5.21. The summed E-state index contributed by atoms with van der Waals surface area (Å²) in [6.07, 6.45) is -0.179. The molecule has 0 heterocycles. The molecule has 1 aromatic rings. The Morgan fingerprint density at radius 2 is 2.07 bits per heavy atom. The first kappa shape index (κ1) is 10.4. The third-order valence-electron chi connectivity index (χ3n) is 1.58. The SMILES string of the molecule is CC(C)Oc1c(O)cccc1C(=O)O.